The number of amides is 1. The van der Waals surface area contributed by atoms with E-state index in [2.05, 4.69) is 50.2 Å². The van der Waals surface area contributed by atoms with Gasteiger partial charge in [-0.15, -0.1) is 5.10 Å². The zero-order chi connectivity index (χ0) is 26.4. The van der Waals surface area contributed by atoms with E-state index in [4.69, 9.17) is 14.8 Å². The smallest absolute Gasteiger partial charge is 0.231 e. The fourth-order valence-corrected chi connectivity index (χ4v) is 5.05. The number of pyridine rings is 1. The predicted octanol–water partition coefficient (Wildman–Crippen LogP) is 4.25. The van der Waals surface area contributed by atoms with Crippen molar-refractivity contribution in [1.29, 1.82) is 0 Å². The Morgan fingerprint density at radius 1 is 1.08 bits per heavy atom. The number of hydrogen-bond donors (Lipinski definition) is 0. The highest BCUT2D eigenvalue weighted by Crippen LogP contribution is 2.45. The molecule has 1 aromatic carbocycles. The molecule has 0 spiro atoms. The van der Waals surface area contributed by atoms with Crippen molar-refractivity contribution in [3.05, 3.63) is 60.2 Å². The van der Waals surface area contributed by atoms with Crippen LogP contribution in [0.25, 0.3) is 22.6 Å². The molecule has 194 valence electrons. The standard InChI is InChI=1S/C28H30N8O2/c1-17(18-7-9-19(10-8-18)24-21(34(2)3)6-5-14-29-24)36-22(37)13-15-35-28(36)32-26(33-35)23-25(20-11-12-20)30-16-31-27(23)38-4/h5-10,14,16-17,20H,11-13,15H2,1-4H3. The molecule has 0 saturated heterocycles. The summed E-state index contributed by atoms with van der Waals surface area (Å²) >= 11 is 0. The highest BCUT2D eigenvalue weighted by molar-refractivity contribution is 5.94. The second kappa shape index (κ2) is 9.51. The maximum Gasteiger partial charge on any atom is 0.231 e. The van der Waals surface area contributed by atoms with Gasteiger partial charge in [0.05, 0.1) is 36.8 Å². The molecule has 1 saturated carbocycles. The van der Waals surface area contributed by atoms with Crippen molar-refractivity contribution in [2.24, 2.45) is 0 Å². The lowest BCUT2D eigenvalue weighted by atomic mass is 10.0. The molecule has 0 N–H and O–H groups in total. The number of aromatic nitrogens is 6. The van der Waals surface area contributed by atoms with Gasteiger partial charge in [0.25, 0.3) is 0 Å². The molecular weight excluding hydrogens is 480 g/mol. The van der Waals surface area contributed by atoms with E-state index >= 15 is 0 Å². The molecule has 1 fully saturated rings. The summed E-state index contributed by atoms with van der Waals surface area (Å²) in [6.07, 6.45) is 5.84. The monoisotopic (exact) mass is 510 g/mol. The van der Waals surface area contributed by atoms with Gasteiger partial charge >= 0.3 is 0 Å². The topological polar surface area (TPSA) is 102 Å². The van der Waals surface area contributed by atoms with Crippen molar-refractivity contribution in [3.8, 4) is 28.5 Å². The van der Waals surface area contributed by atoms with Crippen molar-refractivity contribution < 1.29 is 9.53 Å². The zero-order valence-corrected chi connectivity index (χ0v) is 22.0. The number of carbonyl (C=O) groups excluding carboxylic acids is 1. The Morgan fingerprint density at radius 2 is 1.87 bits per heavy atom. The third-order valence-electron chi connectivity index (χ3n) is 7.22. The van der Waals surface area contributed by atoms with Gasteiger partial charge in [0, 0.05) is 38.2 Å². The molecule has 4 aromatic rings. The molecule has 10 heteroatoms. The van der Waals surface area contributed by atoms with Crippen molar-refractivity contribution in [3.63, 3.8) is 0 Å². The van der Waals surface area contributed by atoms with Crippen LogP contribution in [-0.2, 0) is 11.3 Å². The first-order valence-electron chi connectivity index (χ1n) is 12.8. The van der Waals surface area contributed by atoms with Crippen molar-refractivity contribution in [2.75, 3.05) is 31.0 Å². The zero-order valence-electron chi connectivity index (χ0n) is 22.0. The number of anilines is 2. The highest BCUT2D eigenvalue weighted by atomic mass is 16.5. The van der Waals surface area contributed by atoms with Crippen LogP contribution in [-0.4, -0.2) is 56.8 Å². The van der Waals surface area contributed by atoms with E-state index in [0.29, 0.717) is 36.5 Å². The summed E-state index contributed by atoms with van der Waals surface area (Å²) in [6.45, 7) is 2.50. The van der Waals surface area contributed by atoms with Crippen LogP contribution in [0.1, 0.15) is 49.4 Å². The van der Waals surface area contributed by atoms with Gasteiger partial charge in [0.15, 0.2) is 5.82 Å². The van der Waals surface area contributed by atoms with E-state index in [-0.39, 0.29) is 11.9 Å². The van der Waals surface area contributed by atoms with E-state index in [1.807, 2.05) is 31.8 Å². The number of ether oxygens (including phenoxy) is 1. The van der Waals surface area contributed by atoms with Crippen LogP contribution < -0.4 is 14.5 Å². The average Bonchev–Trinajstić information content (AvgIpc) is 3.71. The number of benzene rings is 1. The first-order chi connectivity index (χ1) is 18.5. The number of carbonyl (C=O) groups is 1. The van der Waals surface area contributed by atoms with E-state index in [1.165, 1.54) is 6.33 Å². The number of methoxy groups -OCH3 is 1. The van der Waals surface area contributed by atoms with Gasteiger partial charge in [-0.3, -0.25) is 14.7 Å². The first kappa shape index (κ1) is 24.0. The van der Waals surface area contributed by atoms with E-state index < -0.39 is 0 Å². The number of rotatable bonds is 7. The molecule has 38 heavy (non-hydrogen) atoms. The van der Waals surface area contributed by atoms with Crippen LogP contribution in [0.2, 0.25) is 0 Å². The Hall–Kier alpha value is -4.34. The summed E-state index contributed by atoms with van der Waals surface area (Å²) in [7, 11) is 5.61. The Balaban J connectivity index is 1.34. The normalized spacial score (nSPS) is 15.8. The number of nitrogens with zero attached hydrogens (tertiary/aromatic N) is 8. The van der Waals surface area contributed by atoms with E-state index in [9.17, 15) is 4.79 Å². The van der Waals surface area contributed by atoms with Gasteiger partial charge in [-0.2, -0.15) is 4.98 Å². The van der Waals surface area contributed by atoms with Gasteiger partial charge in [-0.05, 0) is 37.5 Å². The summed E-state index contributed by atoms with van der Waals surface area (Å²) in [6, 6.07) is 12.0. The molecule has 1 aliphatic carbocycles. The molecule has 1 amide bonds. The molecule has 1 aliphatic heterocycles. The SMILES string of the molecule is COc1ncnc(C2CC2)c1-c1nc2n(n1)CCC(=O)N2C(C)c1ccc(-c2ncccc2N(C)C)cc1. The molecule has 0 radical (unpaired) electrons. The Labute approximate surface area is 221 Å². The summed E-state index contributed by atoms with van der Waals surface area (Å²) < 4.78 is 7.36. The Bertz CT molecular complexity index is 1490. The average molecular weight is 511 g/mol. The number of hydrogen-bond acceptors (Lipinski definition) is 8. The maximum atomic E-state index is 13.2. The summed E-state index contributed by atoms with van der Waals surface area (Å²) in [5, 5.41) is 4.78. The highest BCUT2D eigenvalue weighted by Gasteiger charge is 2.36. The number of fused-ring (bicyclic) bond motifs is 1. The fraction of sp³-hybridized carbons (Fsp3) is 0.357. The minimum Gasteiger partial charge on any atom is -0.480 e. The Kier molecular flexibility index (Phi) is 6.01. The van der Waals surface area contributed by atoms with Crippen molar-refractivity contribution in [2.45, 2.75) is 44.7 Å². The molecular formula is C28H30N8O2. The molecule has 1 unspecified atom stereocenters. The summed E-state index contributed by atoms with van der Waals surface area (Å²) in [5.41, 5.74) is 5.61. The Morgan fingerprint density at radius 3 is 2.58 bits per heavy atom. The first-order valence-corrected chi connectivity index (χ1v) is 12.8. The minimum atomic E-state index is -0.235. The van der Waals surface area contributed by atoms with Crippen molar-refractivity contribution >= 4 is 17.5 Å². The van der Waals surface area contributed by atoms with Crippen LogP contribution in [0.15, 0.2) is 48.9 Å². The predicted molar refractivity (Wildman–Crippen MR) is 144 cm³/mol. The molecule has 6 rings (SSSR count). The quantitative estimate of drug-likeness (QED) is 0.364. The maximum absolute atomic E-state index is 13.2. The molecule has 10 nitrogen and oxygen atoms in total. The third kappa shape index (κ3) is 4.15. The molecule has 1 atom stereocenters. The van der Waals surface area contributed by atoms with Crippen LogP contribution in [0.4, 0.5) is 11.6 Å². The van der Waals surface area contributed by atoms with Gasteiger partial charge in [0.1, 0.15) is 11.9 Å². The second-order valence-electron chi connectivity index (χ2n) is 9.95. The van der Waals surface area contributed by atoms with Crippen molar-refractivity contribution in [1.82, 2.24) is 29.7 Å². The van der Waals surface area contributed by atoms with Crippen LogP contribution >= 0.6 is 0 Å². The second-order valence-corrected chi connectivity index (χ2v) is 9.95. The summed E-state index contributed by atoms with van der Waals surface area (Å²) in [4.78, 5) is 35.3. The number of aryl methyl sites for hydroxylation is 1. The summed E-state index contributed by atoms with van der Waals surface area (Å²) in [5.74, 6) is 1.86. The van der Waals surface area contributed by atoms with E-state index in [1.54, 1.807) is 18.2 Å². The van der Waals surface area contributed by atoms with Gasteiger partial charge in [-0.1, -0.05) is 24.3 Å². The van der Waals surface area contributed by atoms with Crippen LogP contribution in [0.3, 0.4) is 0 Å². The van der Waals surface area contributed by atoms with Crippen LogP contribution in [0.5, 0.6) is 5.88 Å². The largest absolute Gasteiger partial charge is 0.480 e. The van der Waals surface area contributed by atoms with Gasteiger partial charge < -0.3 is 9.64 Å². The molecule has 0 bridgehead atoms. The minimum absolute atomic E-state index is 0.0198. The lowest BCUT2D eigenvalue weighted by Gasteiger charge is -2.31. The fourth-order valence-electron chi connectivity index (χ4n) is 5.05. The lowest BCUT2D eigenvalue weighted by molar-refractivity contribution is -0.120. The van der Waals surface area contributed by atoms with Gasteiger partial charge in [0.2, 0.25) is 17.7 Å². The third-order valence-corrected chi connectivity index (χ3v) is 7.22. The lowest BCUT2D eigenvalue weighted by Crippen LogP contribution is -2.39. The van der Waals surface area contributed by atoms with Gasteiger partial charge in [-0.25, -0.2) is 14.6 Å². The molecule has 2 aliphatic rings. The van der Waals surface area contributed by atoms with E-state index in [0.717, 1.165) is 46.6 Å². The van der Waals surface area contributed by atoms with Crippen LogP contribution in [0, 0.1) is 0 Å². The molecule has 3 aromatic heterocycles. The molecule has 4 heterocycles.